The summed E-state index contributed by atoms with van der Waals surface area (Å²) in [4.78, 5) is 11.3. The highest BCUT2D eigenvalue weighted by Gasteiger charge is 2.40. The maximum absolute atomic E-state index is 11.3. The van der Waals surface area contributed by atoms with Gasteiger partial charge in [0, 0.05) is 6.61 Å². The van der Waals surface area contributed by atoms with Gasteiger partial charge in [0.1, 0.15) is 0 Å². The van der Waals surface area contributed by atoms with Crippen LogP contribution in [0.15, 0.2) is 0 Å². The molecule has 0 aromatic carbocycles. The average Bonchev–Trinajstić information content (AvgIpc) is 2.15. The molecule has 3 heteroatoms. The van der Waals surface area contributed by atoms with Crippen molar-refractivity contribution < 1.29 is 14.6 Å². The Morgan fingerprint density at radius 1 is 1.47 bits per heavy atom. The van der Waals surface area contributed by atoms with E-state index in [0.717, 1.165) is 25.7 Å². The molecule has 88 valence electrons. The fourth-order valence-corrected chi connectivity index (χ4v) is 1.94. The highest BCUT2D eigenvalue weighted by molar-refractivity contribution is 5.74. The second-order valence-corrected chi connectivity index (χ2v) is 5.80. The maximum atomic E-state index is 11.3. The van der Waals surface area contributed by atoms with Crippen molar-refractivity contribution in [3.63, 3.8) is 0 Å². The van der Waals surface area contributed by atoms with Crippen molar-refractivity contribution in [1.82, 2.24) is 0 Å². The molecule has 1 saturated heterocycles. The predicted octanol–water partition coefficient (Wildman–Crippen LogP) is 2.69. The van der Waals surface area contributed by atoms with E-state index in [0.29, 0.717) is 13.2 Å². The van der Waals surface area contributed by atoms with Gasteiger partial charge in [-0.15, -0.1) is 0 Å². The van der Waals surface area contributed by atoms with Gasteiger partial charge in [-0.3, -0.25) is 4.79 Å². The van der Waals surface area contributed by atoms with Crippen LogP contribution in [0.3, 0.4) is 0 Å². The Kier molecular flexibility index (Phi) is 3.77. The van der Waals surface area contributed by atoms with Crippen molar-refractivity contribution in [1.29, 1.82) is 0 Å². The van der Waals surface area contributed by atoms with Crippen molar-refractivity contribution in [2.75, 3.05) is 13.2 Å². The number of rotatable bonds is 3. The Bertz CT molecular complexity index is 222. The number of aliphatic carboxylic acids is 1. The Labute approximate surface area is 91.8 Å². The van der Waals surface area contributed by atoms with Crippen molar-refractivity contribution in [3.05, 3.63) is 0 Å². The van der Waals surface area contributed by atoms with Crippen molar-refractivity contribution in [3.8, 4) is 0 Å². The monoisotopic (exact) mass is 214 g/mol. The highest BCUT2D eigenvalue weighted by atomic mass is 16.5. The number of carboxylic acids is 1. The molecule has 0 bridgehead atoms. The first-order chi connectivity index (χ1) is 6.86. The third kappa shape index (κ3) is 3.49. The van der Waals surface area contributed by atoms with Gasteiger partial charge in [-0.2, -0.15) is 0 Å². The van der Waals surface area contributed by atoms with E-state index in [1.54, 1.807) is 0 Å². The smallest absolute Gasteiger partial charge is 0.311 e. The number of carboxylic acid groups (broad SMARTS) is 1. The predicted molar refractivity (Wildman–Crippen MR) is 58.8 cm³/mol. The van der Waals surface area contributed by atoms with Crippen molar-refractivity contribution >= 4 is 5.97 Å². The number of ether oxygens (including phenoxy) is 1. The zero-order valence-electron chi connectivity index (χ0n) is 10.0. The maximum Gasteiger partial charge on any atom is 0.311 e. The first-order valence-corrected chi connectivity index (χ1v) is 5.67. The van der Waals surface area contributed by atoms with Gasteiger partial charge in [0.25, 0.3) is 0 Å². The van der Waals surface area contributed by atoms with E-state index < -0.39 is 11.4 Å². The number of hydrogen-bond acceptors (Lipinski definition) is 2. The summed E-state index contributed by atoms with van der Waals surface area (Å²) in [7, 11) is 0. The SMILES string of the molecule is CC(C)(C)CCC1(C(=O)O)CCCOC1. The fourth-order valence-electron chi connectivity index (χ4n) is 1.94. The van der Waals surface area contributed by atoms with Gasteiger partial charge in [0.2, 0.25) is 0 Å². The van der Waals surface area contributed by atoms with E-state index in [2.05, 4.69) is 20.8 Å². The van der Waals surface area contributed by atoms with Crippen LogP contribution in [0.5, 0.6) is 0 Å². The molecule has 1 atom stereocenters. The van der Waals surface area contributed by atoms with E-state index in [1.165, 1.54) is 0 Å². The lowest BCUT2D eigenvalue weighted by atomic mass is 9.74. The van der Waals surface area contributed by atoms with Crippen LogP contribution >= 0.6 is 0 Å². The minimum Gasteiger partial charge on any atom is -0.481 e. The van der Waals surface area contributed by atoms with Crippen LogP contribution in [0, 0.1) is 10.8 Å². The van der Waals surface area contributed by atoms with Gasteiger partial charge in [-0.1, -0.05) is 20.8 Å². The second kappa shape index (κ2) is 4.52. The summed E-state index contributed by atoms with van der Waals surface area (Å²) in [5.74, 6) is -0.688. The molecule has 1 N–H and O–H groups in total. The lowest BCUT2D eigenvalue weighted by molar-refractivity contribution is -0.158. The molecule has 3 nitrogen and oxygen atoms in total. The van der Waals surface area contributed by atoms with Crippen molar-refractivity contribution in [2.45, 2.75) is 46.5 Å². The molecule has 0 radical (unpaired) electrons. The Morgan fingerprint density at radius 2 is 2.13 bits per heavy atom. The molecular formula is C12H22O3. The summed E-state index contributed by atoms with van der Waals surface area (Å²) < 4.78 is 5.33. The first kappa shape index (κ1) is 12.5. The summed E-state index contributed by atoms with van der Waals surface area (Å²) in [6.45, 7) is 7.54. The lowest BCUT2D eigenvalue weighted by Crippen LogP contribution is -2.40. The Hall–Kier alpha value is -0.570. The average molecular weight is 214 g/mol. The second-order valence-electron chi connectivity index (χ2n) is 5.80. The molecule has 0 spiro atoms. The normalized spacial score (nSPS) is 27.7. The van der Waals surface area contributed by atoms with Gasteiger partial charge < -0.3 is 9.84 Å². The molecule has 0 aromatic heterocycles. The van der Waals surface area contributed by atoms with E-state index in [-0.39, 0.29) is 5.41 Å². The molecule has 1 heterocycles. The van der Waals surface area contributed by atoms with Gasteiger partial charge in [-0.25, -0.2) is 0 Å². The summed E-state index contributed by atoms with van der Waals surface area (Å²) in [5, 5.41) is 9.31. The number of hydrogen-bond donors (Lipinski definition) is 1. The minimum absolute atomic E-state index is 0.194. The molecular weight excluding hydrogens is 192 g/mol. The van der Waals surface area contributed by atoms with E-state index in [9.17, 15) is 9.90 Å². The van der Waals surface area contributed by atoms with Gasteiger partial charge >= 0.3 is 5.97 Å². The minimum atomic E-state index is -0.688. The molecule has 1 unspecified atom stereocenters. The van der Waals surface area contributed by atoms with Crippen LogP contribution in [-0.2, 0) is 9.53 Å². The number of carbonyl (C=O) groups is 1. The Morgan fingerprint density at radius 3 is 2.53 bits per heavy atom. The van der Waals surface area contributed by atoms with E-state index in [4.69, 9.17) is 4.74 Å². The fraction of sp³-hybridized carbons (Fsp3) is 0.917. The molecule has 0 aromatic rings. The molecule has 1 rings (SSSR count). The highest BCUT2D eigenvalue weighted by Crippen LogP contribution is 2.37. The van der Waals surface area contributed by atoms with Crippen LogP contribution < -0.4 is 0 Å². The molecule has 1 fully saturated rings. The summed E-state index contributed by atoms with van der Waals surface area (Å²) in [5.41, 5.74) is -0.425. The summed E-state index contributed by atoms with van der Waals surface area (Å²) in [6.07, 6.45) is 3.29. The van der Waals surface area contributed by atoms with E-state index in [1.807, 2.05) is 0 Å². The van der Waals surface area contributed by atoms with Gasteiger partial charge in [0.05, 0.1) is 12.0 Å². The van der Waals surface area contributed by atoms with Crippen LogP contribution in [0.2, 0.25) is 0 Å². The van der Waals surface area contributed by atoms with Crippen LogP contribution in [0.4, 0.5) is 0 Å². The zero-order chi connectivity index (χ0) is 11.5. The van der Waals surface area contributed by atoms with Crippen LogP contribution in [0.1, 0.15) is 46.5 Å². The van der Waals surface area contributed by atoms with Crippen LogP contribution in [-0.4, -0.2) is 24.3 Å². The molecule has 0 aliphatic carbocycles. The standard InChI is InChI=1S/C12H22O3/c1-11(2,3)6-7-12(10(13)14)5-4-8-15-9-12/h4-9H2,1-3H3,(H,13,14). The van der Waals surface area contributed by atoms with E-state index >= 15 is 0 Å². The topological polar surface area (TPSA) is 46.5 Å². The zero-order valence-corrected chi connectivity index (χ0v) is 10.0. The largest absolute Gasteiger partial charge is 0.481 e. The molecule has 1 aliphatic rings. The molecule has 0 saturated carbocycles. The summed E-state index contributed by atoms with van der Waals surface area (Å²) >= 11 is 0. The molecule has 15 heavy (non-hydrogen) atoms. The van der Waals surface area contributed by atoms with Crippen molar-refractivity contribution in [2.24, 2.45) is 10.8 Å². The third-order valence-electron chi connectivity index (χ3n) is 3.13. The van der Waals surface area contributed by atoms with Crippen LogP contribution in [0.25, 0.3) is 0 Å². The molecule has 0 amide bonds. The summed E-state index contributed by atoms with van der Waals surface area (Å²) in [6, 6.07) is 0. The van der Waals surface area contributed by atoms with Gasteiger partial charge in [-0.05, 0) is 31.1 Å². The van der Waals surface area contributed by atoms with Gasteiger partial charge in [0.15, 0.2) is 0 Å². The third-order valence-corrected chi connectivity index (χ3v) is 3.13. The Balaban J connectivity index is 2.61. The molecule has 1 aliphatic heterocycles. The lowest BCUT2D eigenvalue weighted by Gasteiger charge is -2.35. The quantitative estimate of drug-likeness (QED) is 0.785. The first-order valence-electron chi connectivity index (χ1n) is 5.67.